The zero-order valence-corrected chi connectivity index (χ0v) is 22.0. The summed E-state index contributed by atoms with van der Waals surface area (Å²) < 4.78 is 4.62. The average molecular weight is 518 g/mol. The van der Waals surface area contributed by atoms with Crippen molar-refractivity contribution in [2.45, 2.75) is 26.1 Å². The van der Waals surface area contributed by atoms with E-state index >= 15 is 0 Å². The van der Waals surface area contributed by atoms with E-state index in [2.05, 4.69) is 91.8 Å². The third kappa shape index (κ3) is 6.58. The van der Waals surface area contributed by atoms with Crippen molar-refractivity contribution in [1.29, 1.82) is 0 Å². The molecule has 5 rings (SSSR count). The summed E-state index contributed by atoms with van der Waals surface area (Å²) in [6.07, 6.45) is 4.75. The van der Waals surface area contributed by atoms with Gasteiger partial charge in [0.1, 0.15) is 17.8 Å². The Bertz CT molecular complexity index is 1560. The SMILES string of the molecule is COC(=O)C=Cc1ccc(CNCc2ccc(-c3cc4c(N[C@H](C)c5ccccc5)ncnc4[nH]3)cc2)cc1. The second kappa shape index (κ2) is 12.2. The smallest absolute Gasteiger partial charge is 0.330 e. The molecule has 2 heterocycles. The molecule has 0 amide bonds. The lowest BCUT2D eigenvalue weighted by Crippen LogP contribution is -2.12. The molecule has 7 nitrogen and oxygen atoms in total. The van der Waals surface area contributed by atoms with Crippen LogP contribution in [0.2, 0.25) is 0 Å². The minimum absolute atomic E-state index is 0.121. The number of anilines is 1. The molecule has 3 N–H and O–H groups in total. The van der Waals surface area contributed by atoms with Crippen LogP contribution in [0.4, 0.5) is 5.82 Å². The molecule has 3 aromatic carbocycles. The van der Waals surface area contributed by atoms with Crippen LogP contribution in [0.15, 0.2) is 97.3 Å². The van der Waals surface area contributed by atoms with Crippen molar-refractivity contribution in [3.63, 3.8) is 0 Å². The monoisotopic (exact) mass is 517 g/mol. The van der Waals surface area contributed by atoms with Gasteiger partial charge in [0.25, 0.3) is 0 Å². The highest BCUT2D eigenvalue weighted by Gasteiger charge is 2.12. The molecule has 7 heteroatoms. The molecule has 39 heavy (non-hydrogen) atoms. The Kier molecular flexibility index (Phi) is 8.09. The van der Waals surface area contributed by atoms with Crippen LogP contribution in [0, 0.1) is 0 Å². The van der Waals surface area contributed by atoms with Gasteiger partial charge in [0.15, 0.2) is 0 Å². The van der Waals surface area contributed by atoms with Gasteiger partial charge < -0.3 is 20.4 Å². The van der Waals surface area contributed by atoms with Gasteiger partial charge in [0, 0.05) is 30.9 Å². The van der Waals surface area contributed by atoms with Gasteiger partial charge in [0.05, 0.1) is 12.5 Å². The minimum Gasteiger partial charge on any atom is -0.466 e. The van der Waals surface area contributed by atoms with Crippen LogP contribution in [0.5, 0.6) is 0 Å². The summed E-state index contributed by atoms with van der Waals surface area (Å²) in [6, 6.07) is 29.1. The molecule has 5 aromatic rings. The number of hydrogen-bond donors (Lipinski definition) is 3. The number of ether oxygens (including phenoxy) is 1. The summed E-state index contributed by atoms with van der Waals surface area (Å²) in [5.41, 5.74) is 7.43. The van der Waals surface area contributed by atoms with E-state index in [1.165, 1.54) is 29.9 Å². The molecule has 1 atom stereocenters. The lowest BCUT2D eigenvalue weighted by atomic mass is 10.1. The first-order valence-corrected chi connectivity index (χ1v) is 12.9. The fraction of sp³-hybridized carbons (Fsp3) is 0.156. The van der Waals surface area contributed by atoms with Gasteiger partial charge in [-0.15, -0.1) is 0 Å². The third-order valence-electron chi connectivity index (χ3n) is 6.59. The molecule has 0 spiro atoms. The summed E-state index contributed by atoms with van der Waals surface area (Å²) in [7, 11) is 1.37. The van der Waals surface area contributed by atoms with Crippen molar-refractivity contribution >= 4 is 28.9 Å². The topological polar surface area (TPSA) is 91.9 Å². The Hall–Kier alpha value is -4.75. The number of aromatic nitrogens is 3. The summed E-state index contributed by atoms with van der Waals surface area (Å²) in [6.45, 7) is 3.64. The maximum Gasteiger partial charge on any atom is 0.330 e. The highest BCUT2D eigenvalue weighted by molar-refractivity contribution is 5.91. The Morgan fingerprint density at radius 1 is 0.949 bits per heavy atom. The molecule has 0 aliphatic carbocycles. The molecule has 0 fully saturated rings. The Labute approximate surface area is 228 Å². The van der Waals surface area contributed by atoms with E-state index in [1.54, 1.807) is 12.4 Å². The largest absolute Gasteiger partial charge is 0.466 e. The molecule has 0 saturated carbocycles. The second-order valence-electron chi connectivity index (χ2n) is 9.34. The van der Waals surface area contributed by atoms with E-state index in [0.717, 1.165) is 46.8 Å². The van der Waals surface area contributed by atoms with Crippen molar-refractivity contribution in [2.24, 2.45) is 0 Å². The zero-order chi connectivity index (χ0) is 27.0. The highest BCUT2D eigenvalue weighted by Crippen LogP contribution is 2.29. The van der Waals surface area contributed by atoms with E-state index in [9.17, 15) is 4.79 Å². The van der Waals surface area contributed by atoms with Crippen molar-refractivity contribution in [3.05, 3.63) is 120 Å². The molecule has 0 bridgehead atoms. The number of fused-ring (bicyclic) bond motifs is 1. The molecule has 0 aliphatic rings. The van der Waals surface area contributed by atoms with Crippen LogP contribution in [0.25, 0.3) is 28.4 Å². The normalized spacial score (nSPS) is 12.1. The summed E-state index contributed by atoms with van der Waals surface area (Å²) in [4.78, 5) is 23.6. The maximum absolute atomic E-state index is 11.2. The minimum atomic E-state index is -0.361. The van der Waals surface area contributed by atoms with Gasteiger partial charge in [0.2, 0.25) is 0 Å². The Morgan fingerprint density at radius 3 is 2.33 bits per heavy atom. The van der Waals surface area contributed by atoms with E-state index in [0.29, 0.717) is 0 Å². The van der Waals surface area contributed by atoms with E-state index in [1.807, 2.05) is 30.3 Å². The summed E-state index contributed by atoms with van der Waals surface area (Å²) >= 11 is 0. The van der Waals surface area contributed by atoms with Crippen molar-refractivity contribution in [2.75, 3.05) is 12.4 Å². The zero-order valence-electron chi connectivity index (χ0n) is 22.0. The van der Waals surface area contributed by atoms with Crippen molar-refractivity contribution in [3.8, 4) is 11.3 Å². The second-order valence-corrected chi connectivity index (χ2v) is 9.34. The summed E-state index contributed by atoms with van der Waals surface area (Å²) in [5, 5.41) is 7.98. The molecule has 2 aromatic heterocycles. The van der Waals surface area contributed by atoms with Gasteiger partial charge in [-0.05, 0) is 46.9 Å². The molecular formula is C32H31N5O2. The van der Waals surface area contributed by atoms with Crippen LogP contribution in [-0.2, 0) is 22.6 Å². The first-order valence-electron chi connectivity index (χ1n) is 12.9. The number of esters is 1. The van der Waals surface area contributed by atoms with E-state index in [4.69, 9.17) is 0 Å². The fourth-order valence-electron chi connectivity index (χ4n) is 4.37. The predicted octanol–water partition coefficient (Wildman–Crippen LogP) is 6.27. The number of carbonyl (C=O) groups excluding carboxylic acids is 1. The molecule has 0 aliphatic heterocycles. The Morgan fingerprint density at radius 2 is 1.64 bits per heavy atom. The lowest BCUT2D eigenvalue weighted by molar-refractivity contribution is -0.134. The van der Waals surface area contributed by atoms with Gasteiger partial charge in [-0.25, -0.2) is 14.8 Å². The van der Waals surface area contributed by atoms with Crippen LogP contribution in [0.1, 0.15) is 35.2 Å². The van der Waals surface area contributed by atoms with Crippen molar-refractivity contribution < 1.29 is 9.53 Å². The molecular weight excluding hydrogens is 486 g/mol. The predicted molar refractivity (Wildman–Crippen MR) is 156 cm³/mol. The number of nitrogens with zero attached hydrogens (tertiary/aromatic N) is 2. The number of nitrogens with one attached hydrogen (secondary N) is 3. The lowest BCUT2D eigenvalue weighted by Gasteiger charge is -2.15. The van der Waals surface area contributed by atoms with E-state index < -0.39 is 0 Å². The molecule has 0 radical (unpaired) electrons. The fourth-order valence-corrected chi connectivity index (χ4v) is 4.37. The molecule has 0 unspecified atom stereocenters. The number of methoxy groups -OCH3 is 1. The highest BCUT2D eigenvalue weighted by atomic mass is 16.5. The number of aromatic amines is 1. The average Bonchev–Trinajstić information content (AvgIpc) is 3.43. The van der Waals surface area contributed by atoms with Crippen LogP contribution >= 0.6 is 0 Å². The van der Waals surface area contributed by atoms with Gasteiger partial charge in [-0.1, -0.05) is 78.9 Å². The van der Waals surface area contributed by atoms with E-state index in [-0.39, 0.29) is 12.0 Å². The Balaban J connectivity index is 1.19. The van der Waals surface area contributed by atoms with Crippen LogP contribution in [0.3, 0.4) is 0 Å². The molecule has 0 saturated heterocycles. The number of benzene rings is 3. The summed E-state index contributed by atoms with van der Waals surface area (Å²) in [5.74, 6) is 0.451. The number of hydrogen-bond acceptors (Lipinski definition) is 6. The number of carbonyl (C=O) groups is 1. The van der Waals surface area contributed by atoms with Crippen molar-refractivity contribution in [1.82, 2.24) is 20.3 Å². The van der Waals surface area contributed by atoms with Crippen LogP contribution < -0.4 is 10.6 Å². The third-order valence-corrected chi connectivity index (χ3v) is 6.59. The maximum atomic E-state index is 11.2. The van der Waals surface area contributed by atoms with Gasteiger partial charge in [-0.3, -0.25) is 0 Å². The van der Waals surface area contributed by atoms with Gasteiger partial charge >= 0.3 is 5.97 Å². The first kappa shape index (κ1) is 25.9. The molecule has 196 valence electrons. The van der Waals surface area contributed by atoms with Crippen LogP contribution in [-0.4, -0.2) is 28.0 Å². The van der Waals surface area contributed by atoms with Gasteiger partial charge in [-0.2, -0.15) is 0 Å². The first-order chi connectivity index (χ1) is 19.1. The quantitative estimate of drug-likeness (QED) is 0.149. The number of H-pyrrole nitrogens is 1. The standard InChI is InChI=1S/C32H31N5O2/c1-22(26-6-4-3-5-7-26)36-31-28-18-29(37-32(28)35-21-34-31)27-15-12-25(13-16-27)20-33-19-24-10-8-23(9-11-24)14-17-30(38)39-2/h3-18,21-22,33H,19-20H2,1-2H3,(H2,34,35,36,37)/t22-/m1/s1. The number of rotatable bonds is 10.